The molecule has 1 unspecified atom stereocenters. The molecule has 2 heterocycles. The van der Waals surface area contributed by atoms with Crippen LogP contribution in [0.2, 0.25) is 0 Å². The van der Waals surface area contributed by atoms with Gasteiger partial charge in [0.15, 0.2) is 5.75 Å². The van der Waals surface area contributed by atoms with Crippen molar-refractivity contribution in [1.82, 2.24) is 25.6 Å². The van der Waals surface area contributed by atoms with Gasteiger partial charge in [-0.05, 0) is 24.5 Å². The fraction of sp³-hybridized carbons (Fsp3) is 0.182. The van der Waals surface area contributed by atoms with Crippen LogP contribution >= 0.6 is 0 Å². The molecule has 0 aliphatic rings. The van der Waals surface area contributed by atoms with Crippen molar-refractivity contribution in [3.63, 3.8) is 0 Å². The van der Waals surface area contributed by atoms with Gasteiger partial charge in [0.1, 0.15) is 11.4 Å². The summed E-state index contributed by atoms with van der Waals surface area (Å²) in [5.41, 5.74) is 3.85. The van der Waals surface area contributed by atoms with E-state index in [-0.39, 0.29) is 30.2 Å². The average molecular weight is 546 g/mol. The third kappa shape index (κ3) is 6.55. The van der Waals surface area contributed by atoms with Gasteiger partial charge < -0.3 is 15.4 Å². The van der Waals surface area contributed by atoms with E-state index >= 15 is 0 Å². The third-order valence-corrected chi connectivity index (χ3v) is 6.69. The van der Waals surface area contributed by atoms with Crippen molar-refractivity contribution in [2.45, 2.75) is 25.8 Å². The number of pyridine rings is 1. The van der Waals surface area contributed by atoms with E-state index in [1.165, 1.54) is 18.6 Å². The molecule has 3 aromatic carbocycles. The summed E-state index contributed by atoms with van der Waals surface area (Å²) in [5, 5.41) is 6.77. The Morgan fingerprint density at radius 2 is 1.61 bits per heavy atom. The van der Waals surface area contributed by atoms with Crippen LogP contribution in [0.3, 0.4) is 0 Å². The molecule has 0 bridgehead atoms. The number of carbonyl (C=O) groups excluding carboxylic acids is 2. The van der Waals surface area contributed by atoms with Gasteiger partial charge in [0, 0.05) is 29.9 Å². The lowest BCUT2D eigenvalue weighted by atomic mass is 10.00. The van der Waals surface area contributed by atoms with Crippen molar-refractivity contribution in [3.05, 3.63) is 120 Å². The normalized spacial score (nSPS) is 11.5. The summed E-state index contributed by atoms with van der Waals surface area (Å²) in [6, 6.07) is 27.1. The van der Waals surface area contributed by atoms with Gasteiger partial charge in [-0.25, -0.2) is 9.97 Å². The van der Waals surface area contributed by atoms with Crippen LogP contribution in [0.15, 0.2) is 104 Å². The quantitative estimate of drug-likeness (QED) is 0.204. The second-order valence-electron chi connectivity index (χ2n) is 9.44. The van der Waals surface area contributed by atoms with E-state index in [1.54, 1.807) is 0 Å². The summed E-state index contributed by atoms with van der Waals surface area (Å²) in [7, 11) is 0. The molecule has 0 fully saturated rings. The molecule has 0 aliphatic carbocycles. The summed E-state index contributed by atoms with van der Waals surface area (Å²) in [5.74, 6) is -0.125. The van der Waals surface area contributed by atoms with E-state index in [1.807, 2.05) is 91.9 Å². The minimum Gasteiger partial charge on any atom is -0.490 e. The molecule has 8 heteroatoms. The van der Waals surface area contributed by atoms with E-state index < -0.39 is 0 Å². The van der Waals surface area contributed by atoms with Gasteiger partial charge in [0.2, 0.25) is 0 Å². The topological polar surface area (TPSA) is 106 Å². The maximum atomic E-state index is 14.1. The number of fused-ring (bicyclic) bond motifs is 1. The lowest BCUT2D eigenvalue weighted by Crippen LogP contribution is -2.29. The summed E-state index contributed by atoms with van der Waals surface area (Å²) in [6.07, 6.45) is 5.65. The molecule has 1 atom stereocenters. The second-order valence-corrected chi connectivity index (χ2v) is 9.44. The molecule has 0 saturated heterocycles. The van der Waals surface area contributed by atoms with Crippen molar-refractivity contribution >= 4 is 22.7 Å². The van der Waals surface area contributed by atoms with Crippen LogP contribution in [-0.2, 0) is 0 Å². The summed E-state index contributed by atoms with van der Waals surface area (Å²) < 4.78 is 6.36. The van der Waals surface area contributed by atoms with Crippen molar-refractivity contribution in [2.75, 3.05) is 13.2 Å². The third-order valence-electron chi connectivity index (χ3n) is 6.69. The van der Waals surface area contributed by atoms with Gasteiger partial charge in [-0.3, -0.25) is 14.6 Å². The number of hydrogen-bond acceptors (Lipinski definition) is 6. The predicted molar refractivity (Wildman–Crippen MR) is 159 cm³/mol. The van der Waals surface area contributed by atoms with Gasteiger partial charge in [-0.2, -0.15) is 0 Å². The van der Waals surface area contributed by atoms with Crippen LogP contribution in [0.1, 0.15) is 52.2 Å². The van der Waals surface area contributed by atoms with E-state index in [9.17, 15) is 9.59 Å². The monoisotopic (exact) mass is 545 g/mol. The zero-order valence-electron chi connectivity index (χ0n) is 22.8. The lowest BCUT2D eigenvalue weighted by Gasteiger charge is -2.21. The van der Waals surface area contributed by atoms with Crippen molar-refractivity contribution < 1.29 is 14.3 Å². The number of benzene rings is 3. The SMILES string of the molecule is CCC(NC(=O)c1c(OCCCNC(=O)c2cnccn2)c(-c2ccccc2)nc2ccccc12)c1ccccc1. The Balaban J connectivity index is 1.45. The number of nitrogens with zero attached hydrogens (tertiary/aromatic N) is 3. The smallest absolute Gasteiger partial charge is 0.271 e. The Hall–Kier alpha value is -5.11. The van der Waals surface area contributed by atoms with Crippen LogP contribution in [-0.4, -0.2) is 39.9 Å². The van der Waals surface area contributed by atoms with Crippen molar-refractivity contribution in [1.29, 1.82) is 0 Å². The molecule has 2 amide bonds. The first-order valence-electron chi connectivity index (χ1n) is 13.7. The predicted octanol–water partition coefficient (Wildman–Crippen LogP) is 5.77. The Morgan fingerprint density at radius 1 is 0.878 bits per heavy atom. The Kier molecular flexibility index (Phi) is 8.91. The van der Waals surface area contributed by atoms with E-state index in [0.717, 1.165) is 17.5 Å². The minimum absolute atomic E-state index is 0.167. The highest BCUT2D eigenvalue weighted by Gasteiger charge is 2.25. The first kappa shape index (κ1) is 27.5. The molecule has 0 aliphatic heterocycles. The Labute approximate surface area is 238 Å². The minimum atomic E-state index is -0.304. The summed E-state index contributed by atoms with van der Waals surface area (Å²) >= 11 is 0. The number of nitrogens with one attached hydrogen (secondary N) is 2. The molecule has 41 heavy (non-hydrogen) atoms. The van der Waals surface area contributed by atoms with Gasteiger partial charge in [-0.1, -0.05) is 85.8 Å². The van der Waals surface area contributed by atoms with Crippen LogP contribution < -0.4 is 15.4 Å². The molecule has 2 aromatic heterocycles. The maximum Gasteiger partial charge on any atom is 0.271 e. The molecular formula is C33H31N5O3. The number of carbonyl (C=O) groups is 2. The Bertz CT molecular complexity index is 1610. The second kappa shape index (κ2) is 13.3. The van der Waals surface area contributed by atoms with Crippen LogP contribution in [0.4, 0.5) is 0 Å². The molecule has 0 radical (unpaired) electrons. The van der Waals surface area contributed by atoms with Crippen LogP contribution in [0, 0.1) is 0 Å². The fourth-order valence-corrected chi connectivity index (χ4v) is 4.64. The van der Waals surface area contributed by atoms with Crippen LogP contribution in [0.5, 0.6) is 5.75 Å². The molecule has 0 saturated carbocycles. The molecule has 5 aromatic rings. The number of amides is 2. The summed E-state index contributed by atoms with van der Waals surface area (Å²) in [6.45, 7) is 2.67. The molecular weight excluding hydrogens is 514 g/mol. The zero-order valence-corrected chi connectivity index (χ0v) is 22.8. The zero-order chi connectivity index (χ0) is 28.4. The largest absolute Gasteiger partial charge is 0.490 e. The number of hydrogen-bond donors (Lipinski definition) is 2. The first-order valence-corrected chi connectivity index (χ1v) is 13.7. The number of para-hydroxylation sites is 1. The molecule has 206 valence electrons. The first-order chi connectivity index (χ1) is 20.2. The van der Waals surface area contributed by atoms with Gasteiger partial charge in [0.25, 0.3) is 11.8 Å². The Morgan fingerprint density at radius 3 is 2.34 bits per heavy atom. The fourth-order valence-electron chi connectivity index (χ4n) is 4.64. The standard InChI is InChI=1S/C33H31N5O3/c1-2-26(23-12-5-3-6-13-23)38-33(40)29-25-16-9-10-17-27(25)37-30(24-14-7-4-8-15-24)31(29)41-21-11-18-36-32(39)28-22-34-19-20-35-28/h3-10,12-17,19-20,22,26H,2,11,18,21H2,1H3,(H,36,39)(H,38,40). The molecule has 2 N–H and O–H groups in total. The van der Waals surface area contributed by atoms with E-state index in [2.05, 4.69) is 20.6 Å². The van der Waals surface area contributed by atoms with E-state index in [4.69, 9.17) is 9.72 Å². The highest BCUT2D eigenvalue weighted by atomic mass is 16.5. The van der Waals surface area contributed by atoms with Crippen molar-refractivity contribution in [2.24, 2.45) is 0 Å². The van der Waals surface area contributed by atoms with Gasteiger partial charge >= 0.3 is 0 Å². The van der Waals surface area contributed by atoms with E-state index in [0.29, 0.717) is 40.9 Å². The molecule has 8 nitrogen and oxygen atoms in total. The highest BCUT2D eigenvalue weighted by molar-refractivity contribution is 6.10. The van der Waals surface area contributed by atoms with Crippen LogP contribution in [0.25, 0.3) is 22.2 Å². The molecule has 5 rings (SSSR count). The number of rotatable bonds is 11. The highest BCUT2D eigenvalue weighted by Crippen LogP contribution is 2.37. The number of aromatic nitrogens is 3. The van der Waals surface area contributed by atoms with Crippen molar-refractivity contribution in [3.8, 4) is 17.0 Å². The van der Waals surface area contributed by atoms with Gasteiger partial charge in [-0.15, -0.1) is 0 Å². The lowest BCUT2D eigenvalue weighted by molar-refractivity contribution is 0.0931. The number of ether oxygens (including phenoxy) is 1. The average Bonchev–Trinajstić information content (AvgIpc) is 3.04. The summed E-state index contributed by atoms with van der Waals surface area (Å²) in [4.78, 5) is 39.3. The van der Waals surface area contributed by atoms with Gasteiger partial charge in [0.05, 0.1) is 29.9 Å². The molecule has 0 spiro atoms. The maximum absolute atomic E-state index is 14.1.